The molecular weight excluding hydrogens is 190 g/mol. The average molecular weight is 204 g/mol. The Balaban J connectivity index is 0.000000845. The summed E-state index contributed by atoms with van der Waals surface area (Å²) >= 11 is 0. The number of aromatic nitrogens is 1. The summed E-state index contributed by atoms with van der Waals surface area (Å²) in [5.74, 6) is 0.816. The molecule has 0 aliphatic carbocycles. The molecule has 1 aromatic heterocycles. The maximum Gasteiger partial charge on any atom is 0.195 e. The lowest BCUT2D eigenvalue weighted by Gasteiger charge is -2.23. The molecule has 0 radical (unpaired) electrons. The molecule has 0 amide bonds. The molecule has 4 nitrogen and oxygen atoms in total. The van der Waals surface area contributed by atoms with Crippen LogP contribution in [0.5, 0.6) is 0 Å². The van der Waals surface area contributed by atoms with Gasteiger partial charge in [0.05, 0.1) is 6.20 Å². The second-order valence-corrected chi connectivity index (χ2v) is 2.99. The van der Waals surface area contributed by atoms with Crippen LogP contribution in [0.3, 0.4) is 0 Å². The average Bonchev–Trinajstić information content (AvgIpc) is 2.59. The fourth-order valence-electron chi connectivity index (χ4n) is 1.42. The van der Waals surface area contributed by atoms with Gasteiger partial charge in [-0.05, 0) is 0 Å². The van der Waals surface area contributed by atoms with E-state index in [-0.39, 0.29) is 12.4 Å². The molecule has 2 heterocycles. The zero-order valence-corrected chi connectivity index (χ0v) is 8.14. The highest BCUT2D eigenvalue weighted by Crippen LogP contribution is 2.00. The Morgan fingerprint density at radius 1 is 1.54 bits per heavy atom. The number of hydrogen-bond donors (Lipinski definition) is 2. The second-order valence-electron chi connectivity index (χ2n) is 2.99. The summed E-state index contributed by atoms with van der Waals surface area (Å²) in [5, 5.41) is 6.71. The van der Waals surface area contributed by atoms with Gasteiger partial charge in [0, 0.05) is 32.1 Å². The highest BCUT2D eigenvalue weighted by molar-refractivity contribution is 5.85. The summed E-state index contributed by atoms with van der Waals surface area (Å²) in [6, 6.07) is 0.470. The molecule has 2 rings (SSSR count). The molecule has 0 saturated carbocycles. The van der Waals surface area contributed by atoms with E-state index >= 15 is 0 Å². The number of rotatable bonds is 2. The summed E-state index contributed by atoms with van der Waals surface area (Å²) in [6.45, 7) is 3.09. The molecule has 5 heteroatoms. The first-order valence-electron chi connectivity index (χ1n) is 4.27. The zero-order valence-electron chi connectivity index (χ0n) is 7.32. The van der Waals surface area contributed by atoms with E-state index in [1.54, 1.807) is 12.5 Å². The molecular formula is C8H14ClN3O. The van der Waals surface area contributed by atoms with E-state index in [0.717, 1.165) is 31.9 Å². The normalized spacial score (nSPS) is 22.3. The fraction of sp³-hybridized carbons (Fsp3) is 0.625. The van der Waals surface area contributed by atoms with Crippen molar-refractivity contribution in [2.75, 3.05) is 19.6 Å². The van der Waals surface area contributed by atoms with Gasteiger partial charge in [0.1, 0.15) is 6.26 Å². The number of nitrogens with zero attached hydrogens (tertiary/aromatic N) is 1. The predicted octanol–water partition coefficient (Wildman–Crippen LogP) is 0.200. The molecule has 0 spiro atoms. The van der Waals surface area contributed by atoms with Crippen LogP contribution in [-0.4, -0.2) is 30.7 Å². The summed E-state index contributed by atoms with van der Waals surface area (Å²) in [5.41, 5.74) is 0. The zero-order chi connectivity index (χ0) is 8.23. The summed E-state index contributed by atoms with van der Waals surface area (Å²) in [6.07, 6.45) is 4.18. The van der Waals surface area contributed by atoms with Gasteiger partial charge in [-0.15, -0.1) is 12.4 Å². The Bertz CT molecular complexity index is 221. The molecule has 1 fully saturated rings. The first-order valence-corrected chi connectivity index (χ1v) is 4.27. The maximum absolute atomic E-state index is 5.16. The van der Waals surface area contributed by atoms with Gasteiger partial charge < -0.3 is 15.1 Å². The first kappa shape index (κ1) is 10.5. The number of oxazole rings is 1. The SMILES string of the molecule is Cl.c1coc(CC2CNCCN2)n1. The van der Waals surface area contributed by atoms with E-state index in [0.29, 0.717) is 6.04 Å². The molecule has 1 unspecified atom stereocenters. The van der Waals surface area contributed by atoms with Gasteiger partial charge in [-0.3, -0.25) is 0 Å². The highest BCUT2D eigenvalue weighted by Gasteiger charge is 2.13. The maximum atomic E-state index is 5.16. The van der Waals surface area contributed by atoms with Gasteiger partial charge in [-0.25, -0.2) is 4.98 Å². The standard InChI is InChI=1S/C8H13N3O.ClH/c1-2-10-7(6-9-1)5-8-11-3-4-12-8;/h3-4,7,9-10H,1-2,5-6H2;1H. The van der Waals surface area contributed by atoms with Crippen molar-refractivity contribution in [1.29, 1.82) is 0 Å². The summed E-state index contributed by atoms with van der Waals surface area (Å²) in [4.78, 5) is 4.08. The van der Waals surface area contributed by atoms with Crippen molar-refractivity contribution in [3.05, 3.63) is 18.4 Å². The number of hydrogen-bond acceptors (Lipinski definition) is 4. The van der Waals surface area contributed by atoms with Crippen molar-refractivity contribution in [1.82, 2.24) is 15.6 Å². The van der Waals surface area contributed by atoms with E-state index < -0.39 is 0 Å². The third-order valence-corrected chi connectivity index (χ3v) is 2.03. The topological polar surface area (TPSA) is 50.1 Å². The van der Waals surface area contributed by atoms with Crippen LogP contribution in [0.1, 0.15) is 5.89 Å². The molecule has 1 aromatic rings. The molecule has 13 heavy (non-hydrogen) atoms. The lowest BCUT2D eigenvalue weighted by atomic mass is 10.2. The van der Waals surface area contributed by atoms with Crippen LogP contribution in [-0.2, 0) is 6.42 Å². The van der Waals surface area contributed by atoms with Gasteiger partial charge in [-0.2, -0.15) is 0 Å². The van der Waals surface area contributed by atoms with Crippen LogP contribution in [0, 0.1) is 0 Å². The van der Waals surface area contributed by atoms with Crippen molar-refractivity contribution in [2.45, 2.75) is 12.5 Å². The van der Waals surface area contributed by atoms with Gasteiger partial charge in [0.25, 0.3) is 0 Å². The monoisotopic (exact) mass is 203 g/mol. The molecule has 0 bridgehead atoms. The Kier molecular flexibility index (Phi) is 4.21. The minimum absolute atomic E-state index is 0. The Labute approximate surface area is 83.5 Å². The Morgan fingerprint density at radius 2 is 2.46 bits per heavy atom. The van der Waals surface area contributed by atoms with Crippen LogP contribution in [0.15, 0.2) is 16.9 Å². The Hall–Kier alpha value is -0.580. The van der Waals surface area contributed by atoms with Crippen LogP contribution in [0.4, 0.5) is 0 Å². The van der Waals surface area contributed by atoms with Crippen LogP contribution in [0.2, 0.25) is 0 Å². The minimum Gasteiger partial charge on any atom is -0.449 e. The quantitative estimate of drug-likeness (QED) is 0.721. The van der Waals surface area contributed by atoms with Crippen LogP contribution in [0.25, 0.3) is 0 Å². The van der Waals surface area contributed by atoms with E-state index in [4.69, 9.17) is 4.42 Å². The summed E-state index contributed by atoms with van der Waals surface area (Å²) < 4.78 is 5.16. The smallest absolute Gasteiger partial charge is 0.195 e. The highest BCUT2D eigenvalue weighted by atomic mass is 35.5. The van der Waals surface area contributed by atoms with E-state index in [1.807, 2.05) is 0 Å². The van der Waals surface area contributed by atoms with E-state index in [1.165, 1.54) is 0 Å². The van der Waals surface area contributed by atoms with Gasteiger partial charge >= 0.3 is 0 Å². The molecule has 1 atom stereocenters. The lowest BCUT2D eigenvalue weighted by molar-refractivity contribution is 0.381. The molecule has 0 aromatic carbocycles. The van der Waals surface area contributed by atoms with Gasteiger partial charge in [0.15, 0.2) is 5.89 Å². The van der Waals surface area contributed by atoms with Crippen LogP contribution < -0.4 is 10.6 Å². The number of nitrogens with one attached hydrogen (secondary N) is 2. The van der Waals surface area contributed by atoms with Crippen molar-refractivity contribution < 1.29 is 4.42 Å². The minimum atomic E-state index is 0. The van der Waals surface area contributed by atoms with Gasteiger partial charge in [0.2, 0.25) is 0 Å². The van der Waals surface area contributed by atoms with Crippen molar-refractivity contribution in [2.24, 2.45) is 0 Å². The largest absolute Gasteiger partial charge is 0.449 e. The van der Waals surface area contributed by atoms with E-state index in [2.05, 4.69) is 15.6 Å². The lowest BCUT2D eigenvalue weighted by Crippen LogP contribution is -2.49. The Morgan fingerprint density at radius 3 is 3.08 bits per heavy atom. The van der Waals surface area contributed by atoms with E-state index in [9.17, 15) is 0 Å². The van der Waals surface area contributed by atoms with Gasteiger partial charge in [-0.1, -0.05) is 0 Å². The molecule has 74 valence electrons. The molecule has 1 aliphatic rings. The third kappa shape index (κ3) is 2.99. The second kappa shape index (κ2) is 5.21. The number of halogens is 1. The van der Waals surface area contributed by atoms with Crippen molar-refractivity contribution >= 4 is 12.4 Å². The third-order valence-electron chi connectivity index (χ3n) is 2.03. The van der Waals surface area contributed by atoms with Crippen molar-refractivity contribution in [3.8, 4) is 0 Å². The van der Waals surface area contributed by atoms with Crippen molar-refractivity contribution in [3.63, 3.8) is 0 Å². The first-order chi connectivity index (χ1) is 5.95. The predicted molar refractivity (Wildman–Crippen MR) is 52.1 cm³/mol. The molecule has 1 saturated heterocycles. The number of piperazine rings is 1. The van der Waals surface area contributed by atoms with Crippen LogP contribution >= 0.6 is 12.4 Å². The fourth-order valence-corrected chi connectivity index (χ4v) is 1.42. The molecule has 2 N–H and O–H groups in total. The summed E-state index contributed by atoms with van der Waals surface area (Å²) in [7, 11) is 0. The molecule has 1 aliphatic heterocycles.